The number of benzene rings is 2. The molecule has 1 saturated heterocycles. The number of carbonyl (C=O) groups excluding carboxylic acids is 1. The Labute approximate surface area is 210 Å². The fourth-order valence-electron chi connectivity index (χ4n) is 4.11. The fourth-order valence-corrected chi connectivity index (χ4v) is 5.23. The largest absolute Gasteiger partial charge is 0.356 e. The number of amides is 1. The normalized spacial score (nSPS) is 14.9. The predicted octanol–water partition coefficient (Wildman–Crippen LogP) is 5.35. The molecule has 4 rings (SSSR count). The van der Waals surface area contributed by atoms with E-state index in [9.17, 15) is 4.79 Å². The Hall–Kier alpha value is -2.35. The number of aryl methyl sites for hydroxylation is 1. The minimum atomic E-state index is 0.0842. The highest BCUT2D eigenvalue weighted by Gasteiger charge is 2.25. The number of halogens is 1. The van der Waals surface area contributed by atoms with Crippen molar-refractivity contribution in [2.75, 3.05) is 25.4 Å². The lowest BCUT2D eigenvalue weighted by atomic mass is 9.96. The van der Waals surface area contributed by atoms with Crippen molar-refractivity contribution in [3.8, 4) is 11.4 Å². The Bertz CT molecular complexity index is 1080. The number of thioether (sulfide) groups is 1. The van der Waals surface area contributed by atoms with Gasteiger partial charge in [0, 0.05) is 28.8 Å². The Balaban J connectivity index is 1.11. The summed E-state index contributed by atoms with van der Waals surface area (Å²) in [7, 11) is 0. The standard InChI is InChI=1S/C26H31ClN4O2S/c1-19-5-2-7-22(15-19)25-29-24(33-30-25)17-31-12-9-21(10-13-31)26(32)28-11-4-14-34-18-20-6-3-8-23(27)16-20/h2-3,5-8,15-16,21H,4,9-14,17-18H2,1H3,(H,28,32). The van der Waals surface area contributed by atoms with Crippen LogP contribution in [0.15, 0.2) is 53.1 Å². The van der Waals surface area contributed by atoms with Gasteiger partial charge >= 0.3 is 0 Å². The summed E-state index contributed by atoms with van der Waals surface area (Å²) in [5.41, 5.74) is 3.37. The lowest BCUT2D eigenvalue weighted by Crippen LogP contribution is -2.40. The molecule has 3 aromatic rings. The summed E-state index contributed by atoms with van der Waals surface area (Å²) >= 11 is 7.89. The second-order valence-corrected chi connectivity index (χ2v) is 10.3. The maximum absolute atomic E-state index is 12.6. The zero-order valence-corrected chi connectivity index (χ0v) is 21.1. The quantitative estimate of drug-likeness (QED) is 0.380. The maximum atomic E-state index is 12.6. The van der Waals surface area contributed by atoms with Crippen LogP contribution < -0.4 is 5.32 Å². The molecule has 34 heavy (non-hydrogen) atoms. The smallest absolute Gasteiger partial charge is 0.241 e. The van der Waals surface area contributed by atoms with E-state index in [1.807, 2.05) is 55.1 Å². The van der Waals surface area contributed by atoms with Crippen molar-refractivity contribution in [3.05, 3.63) is 70.6 Å². The molecule has 8 heteroatoms. The van der Waals surface area contributed by atoms with Crippen molar-refractivity contribution in [2.24, 2.45) is 5.92 Å². The van der Waals surface area contributed by atoms with Crippen LogP contribution >= 0.6 is 23.4 Å². The molecular formula is C26H31ClN4O2S. The van der Waals surface area contributed by atoms with Gasteiger partial charge < -0.3 is 9.84 Å². The molecule has 1 aromatic heterocycles. The van der Waals surface area contributed by atoms with E-state index in [0.717, 1.165) is 61.0 Å². The zero-order valence-electron chi connectivity index (χ0n) is 19.5. The predicted molar refractivity (Wildman–Crippen MR) is 138 cm³/mol. The molecule has 2 heterocycles. The molecule has 2 aromatic carbocycles. The van der Waals surface area contributed by atoms with Crippen molar-refractivity contribution in [1.82, 2.24) is 20.4 Å². The number of nitrogens with one attached hydrogen (secondary N) is 1. The molecule has 0 saturated carbocycles. The van der Waals surface area contributed by atoms with Gasteiger partial charge in [0.25, 0.3) is 0 Å². The number of hydrogen-bond acceptors (Lipinski definition) is 6. The van der Waals surface area contributed by atoms with E-state index in [1.54, 1.807) is 0 Å². The number of carbonyl (C=O) groups is 1. The highest BCUT2D eigenvalue weighted by molar-refractivity contribution is 7.98. The highest BCUT2D eigenvalue weighted by atomic mass is 35.5. The third kappa shape index (κ3) is 7.32. The van der Waals surface area contributed by atoms with Crippen LogP contribution in [0.3, 0.4) is 0 Å². The second kappa shape index (κ2) is 12.4. The third-order valence-electron chi connectivity index (χ3n) is 5.98. The van der Waals surface area contributed by atoms with Crippen molar-refractivity contribution >= 4 is 29.3 Å². The molecule has 1 aliphatic heterocycles. The topological polar surface area (TPSA) is 71.3 Å². The van der Waals surface area contributed by atoms with Gasteiger partial charge in [-0.2, -0.15) is 16.7 Å². The van der Waals surface area contributed by atoms with Gasteiger partial charge in [-0.15, -0.1) is 0 Å². The average molecular weight is 499 g/mol. The maximum Gasteiger partial charge on any atom is 0.241 e. The lowest BCUT2D eigenvalue weighted by Gasteiger charge is -2.30. The third-order valence-corrected chi connectivity index (χ3v) is 7.33. The van der Waals surface area contributed by atoms with Gasteiger partial charge in [0.2, 0.25) is 17.6 Å². The van der Waals surface area contributed by atoms with Crippen LogP contribution in [0.25, 0.3) is 11.4 Å². The van der Waals surface area contributed by atoms with Crippen LogP contribution in [0.2, 0.25) is 5.02 Å². The minimum Gasteiger partial charge on any atom is -0.356 e. The van der Waals surface area contributed by atoms with Crippen LogP contribution in [0.5, 0.6) is 0 Å². The minimum absolute atomic E-state index is 0.0842. The number of piperidine rings is 1. The van der Waals surface area contributed by atoms with Crippen molar-refractivity contribution in [3.63, 3.8) is 0 Å². The van der Waals surface area contributed by atoms with Crippen molar-refractivity contribution in [2.45, 2.75) is 38.5 Å². The number of likely N-dealkylation sites (tertiary alicyclic amines) is 1. The van der Waals surface area contributed by atoms with Crippen LogP contribution in [0, 0.1) is 12.8 Å². The van der Waals surface area contributed by atoms with Crippen LogP contribution in [0.4, 0.5) is 0 Å². The molecule has 1 N–H and O–H groups in total. The summed E-state index contributed by atoms with van der Waals surface area (Å²) in [6.07, 6.45) is 2.68. The molecule has 0 radical (unpaired) electrons. The fraction of sp³-hybridized carbons (Fsp3) is 0.423. The first-order chi connectivity index (χ1) is 16.6. The zero-order chi connectivity index (χ0) is 23.8. The molecule has 0 unspecified atom stereocenters. The van der Waals surface area contributed by atoms with Crippen LogP contribution in [0.1, 0.15) is 36.3 Å². The van der Waals surface area contributed by atoms with Gasteiger partial charge in [0.05, 0.1) is 6.54 Å². The van der Waals surface area contributed by atoms with E-state index in [2.05, 4.69) is 32.5 Å². The van der Waals surface area contributed by atoms with Gasteiger partial charge in [0.1, 0.15) is 0 Å². The van der Waals surface area contributed by atoms with Crippen molar-refractivity contribution < 1.29 is 9.32 Å². The summed E-state index contributed by atoms with van der Waals surface area (Å²) in [5, 5.41) is 8.02. The monoisotopic (exact) mass is 498 g/mol. The Kier molecular flexibility index (Phi) is 9.02. The molecule has 0 bridgehead atoms. The molecule has 1 aliphatic rings. The molecule has 0 spiro atoms. The summed E-state index contributed by atoms with van der Waals surface area (Å²) in [6.45, 7) is 5.11. The van der Waals surface area contributed by atoms with E-state index < -0.39 is 0 Å². The first-order valence-electron chi connectivity index (χ1n) is 11.8. The van der Waals surface area contributed by atoms with Crippen LogP contribution in [-0.4, -0.2) is 46.3 Å². The van der Waals surface area contributed by atoms with Crippen LogP contribution in [-0.2, 0) is 17.1 Å². The van der Waals surface area contributed by atoms with E-state index in [4.69, 9.17) is 16.1 Å². The van der Waals surface area contributed by atoms with Gasteiger partial charge in [-0.25, -0.2) is 0 Å². The van der Waals surface area contributed by atoms with Gasteiger partial charge in [-0.3, -0.25) is 9.69 Å². The molecule has 1 amide bonds. The molecule has 0 aliphatic carbocycles. The average Bonchev–Trinajstić information content (AvgIpc) is 3.30. The van der Waals surface area contributed by atoms with Gasteiger partial charge in [0.15, 0.2) is 0 Å². The molecule has 1 fully saturated rings. The summed E-state index contributed by atoms with van der Waals surface area (Å²) < 4.78 is 5.46. The highest BCUT2D eigenvalue weighted by Crippen LogP contribution is 2.21. The van der Waals surface area contributed by atoms with Gasteiger partial charge in [-0.05, 0) is 68.8 Å². The Morgan fingerprint density at radius 2 is 2.03 bits per heavy atom. The molecule has 0 atom stereocenters. The lowest BCUT2D eigenvalue weighted by molar-refractivity contribution is -0.126. The number of aromatic nitrogens is 2. The summed E-state index contributed by atoms with van der Waals surface area (Å²) in [4.78, 5) is 19.4. The molecular weight excluding hydrogens is 468 g/mol. The second-order valence-electron chi connectivity index (χ2n) is 8.76. The first-order valence-corrected chi connectivity index (χ1v) is 13.3. The van der Waals surface area contributed by atoms with Gasteiger partial charge in [-0.1, -0.05) is 52.7 Å². The van der Waals surface area contributed by atoms with E-state index in [0.29, 0.717) is 18.3 Å². The first kappa shape index (κ1) is 24.8. The summed E-state index contributed by atoms with van der Waals surface area (Å²) in [6, 6.07) is 16.1. The van der Waals surface area contributed by atoms with E-state index in [-0.39, 0.29) is 11.8 Å². The summed E-state index contributed by atoms with van der Waals surface area (Å²) in [5.74, 6) is 3.47. The number of hydrogen-bond donors (Lipinski definition) is 1. The van der Waals surface area contributed by atoms with E-state index in [1.165, 1.54) is 11.1 Å². The van der Waals surface area contributed by atoms with E-state index >= 15 is 0 Å². The number of nitrogens with zero attached hydrogens (tertiary/aromatic N) is 3. The SMILES string of the molecule is Cc1cccc(-c2noc(CN3CCC(C(=O)NCCCSCc4cccc(Cl)c4)CC3)n2)c1. The molecule has 180 valence electrons. The molecule has 6 nitrogen and oxygen atoms in total. The number of rotatable bonds is 10. The Morgan fingerprint density at radius 3 is 2.82 bits per heavy atom. The Morgan fingerprint density at radius 1 is 1.21 bits per heavy atom. The van der Waals surface area contributed by atoms with Crippen molar-refractivity contribution in [1.29, 1.82) is 0 Å².